The van der Waals surface area contributed by atoms with Crippen molar-refractivity contribution in [3.63, 3.8) is 0 Å². The Morgan fingerprint density at radius 3 is 2.56 bits per heavy atom. The molecule has 5 nitrogen and oxygen atoms in total. The summed E-state index contributed by atoms with van der Waals surface area (Å²) < 4.78 is 45.6. The summed E-state index contributed by atoms with van der Waals surface area (Å²) in [5.41, 5.74) is 0.788. The molecular formula is C33H23ClF3N3O2S. The average molecular weight is 618 g/mol. The maximum Gasteiger partial charge on any atom is 0.432 e. The number of fused-ring (bicyclic) bond motifs is 5. The van der Waals surface area contributed by atoms with Crippen LogP contribution < -0.4 is 21.7 Å². The quantitative estimate of drug-likeness (QED) is 0.248. The maximum atomic E-state index is 14.7. The summed E-state index contributed by atoms with van der Waals surface area (Å²) in [5, 5.41) is 4.46. The summed E-state index contributed by atoms with van der Waals surface area (Å²) in [6.45, 7) is 0. The lowest BCUT2D eigenvalue weighted by molar-refractivity contribution is -0.144. The van der Waals surface area contributed by atoms with Crippen LogP contribution in [0.1, 0.15) is 41.1 Å². The van der Waals surface area contributed by atoms with Crippen LogP contribution in [0.4, 0.5) is 13.2 Å². The molecule has 2 aliphatic carbocycles. The second-order valence-electron chi connectivity index (χ2n) is 10.7. The molecule has 10 heteroatoms. The Balaban J connectivity index is 1.49. The fraction of sp³-hybridized carbons (Fsp3) is 0.182. The van der Waals surface area contributed by atoms with Gasteiger partial charge in [0.25, 0.3) is 5.56 Å². The number of benzene rings is 3. The molecule has 2 aromatic heterocycles. The van der Waals surface area contributed by atoms with Crippen LogP contribution in [-0.2, 0) is 19.6 Å². The number of nitrogens with zero attached hydrogens (tertiary/aromatic N) is 3. The van der Waals surface area contributed by atoms with E-state index in [0.717, 1.165) is 33.2 Å². The molecule has 1 atom stereocenters. The van der Waals surface area contributed by atoms with Crippen molar-refractivity contribution < 1.29 is 13.2 Å². The standard InChI is InChI=1S/C33H23ClF3N3O2S/c1-39-29(33(35,36)37)28(31(41)40(32(39)42)19-10-14-27(34)26(17-19)30-38-15-16-43-30)25-8-4-7-21-23-11-9-18-5-2-3-6-20(18)22(23)12-13-24(21)25/h2-3,5-7,10-17,25H,4,8-9H2,1H3. The highest BCUT2D eigenvalue weighted by atomic mass is 35.5. The van der Waals surface area contributed by atoms with E-state index >= 15 is 0 Å². The number of thiazole rings is 1. The Morgan fingerprint density at radius 2 is 1.79 bits per heavy atom. The van der Waals surface area contributed by atoms with Crippen molar-refractivity contribution in [2.45, 2.75) is 31.4 Å². The number of halogens is 4. The summed E-state index contributed by atoms with van der Waals surface area (Å²) in [5.74, 6) is -0.872. The lowest BCUT2D eigenvalue weighted by Gasteiger charge is -2.27. The molecule has 0 radical (unpaired) electrons. The van der Waals surface area contributed by atoms with Crippen LogP contribution in [-0.4, -0.2) is 14.1 Å². The smallest absolute Gasteiger partial charge is 0.292 e. The fourth-order valence-electron chi connectivity index (χ4n) is 6.45. The Hall–Kier alpha value is -4.21. The molecule has 0 amide bonds. The van der Waals surface area contributed by atoms with Crippen LogP contribution in [0, 0.1) is 0 Å². The van der Waals surface area contributed by atoms with E-state index in [1.165, 1.54) is 35.1 Å². The van der Waals surface area contributed by atoms with Crippen LogP contribution in [0.15, 0.2) is 75.8 Å². The van der Waals surface area contributed by atoms with Gasteiger partial charge in [-0.15, -0.1) is 11.3 Å². The van der Waals surface area contributed by atoms with Gasteiger partial charge in [-0.1, -0.05) is 60.2 Å². The highest BCUT2D eigenvalue weighted by Gasteiger charge is 2.42. The van der Waals surface area contributed by atoms with E-state index in [0.29, 0.717) is 45.0 Å². The van der Waals surface area contributed by atoms with Gasteiger partial charge in [0.15, 0.2) is 0 Å². The number of hydrogen-bond donors (Lipinski definition) is 0. The fourth-order valence-corrected chi connectivity index (χ4v) is 7.39. The van der Waals surface area contributed by atoms with Crippen LogP contribution in [0.2, 0.25) is 5.02 Å². The topological polar surface area (TPSA) is 56.9 Å². The van der Waals surface area contributed by atoms with Crippen LogP contribution in [0.5, 0.6) is 0 Å². The molecule has 0 spiro atoms. The normalized spacial score (nSPS) is 15.6. The second kappa shape index (κ2) is 10.2. The van der Waals surface area contributed by atoms with Gasteiger partial charge in [-0.3, -0.25) is 9.36 Å². The first kappa shape index (κ1) is 27.6. The van der Waals surface area contributed by atoms with Gasteiger partial charge >= 0.3 is 11.9 Å². The summed E-state index contributed by atoms with van der Waals surface area (Å²) in [7, 11) is 1.07. The summed E-state index contributed by atoms with van der Waals surface area (Å²) in [6, 6.07) is 16.3. The monoisotopic (exact) mass is 617 g/mol. The molecule has 3 aromatic carbocycles. The van der Waals surface area contributed by atoms with Gasteiger partial charge in [-0.05, 0) is 70.2 Å². The molecule has 1 unspecified atom stereocenters. The molecule has 7 rings (SSSR count). The molecule has 0 aliphatic heterocycles. The molecule has 2 heterocycles. The molecule has 5 aromatic rings. The van der Waals surface area contributed by atoms with E-state index in [9.17, 15) is 22.8 Å². The average Bonchev–Trinajstić information content (AvgIpc) is 3.53. The predicted octanol–water partition coefficient (Wildman–Crippen LogP) is 6.04. The second-order valence-corrected chi connectivity index (χ2v) is 12.0. The Morgan fingerprint density at radius 1 is 0.977 bits per heavy atom. The van der Waals surface area contributed by atoms with E-state index in [-0.39, 0.29) is 5.69 Å². The number of rotatable bonds is 3. The lowest BCUT2D eigenvalue weighted by Crippen LogP contribution is -2.45. The van der Waals surface area contributed by atoms with Gasteiger partial charge in [0, 0.05) is 30.1 Å². The van der Waals surface area contributed by atoms with E-state index in [4.69, 9.17) is 11.6 Å². The Labute approximate surface area is 252 Å². The van der Waals surface area contributed by atoms with Crippen molar-refractivity contribution in [2.24, 2.45) is 7.05 Å². The first-order chi connectivity index (χ1) is 20.6. The van der Waals surface area contributed by atoms with Crippen molar-refractivity contribution in [2.75, 3.05) is 0 Å². The Kier molecular flexibility index (Phi) is 6.55. The Bertz CT molecular complexity index is 2180. The minimum atomic E-state index is -4.94. The molecule has 0 fully saturated rings. The molecule has 216 valence electrons. The summed E-state index contributed by atoms with van der Waals surface area (Å²) in [6.07, 6.45) is 2.29. The van der Waals surface area contributed by atoms with Crippen molar-refractivity contribution >= 4 is 35.1 Å². The number of alkyl halides is 3. The van der Waals surface area contributed by atoms with E-state index in [1.54, 1.807) is 11.6 Å². The van der Waals surface area contributed by atoms with Crippen LogP contribution >= 0.6 is 22.9 Å². The molecule has 0 N–H and O–H groups in total. The number of aromatic nitrogens is 3. The molecule has 2 aliphatic rings. The first-order valence-electron chi connectivity index (χ1n) is 13.7. The minimum absolute atomic E-state index is 0.119. The van der Waals surface area contributed by atoms with Crippen molar-refractivity contribution in [1.82, 2.24) is 14.1 Å². The van der Waals surface area contributed by atoms with Gasteiger partial charge in [0.2, 0.25) is 0 Å². The van der Waals surface area contributed by atoms with Gasteiger partial charge < -0.3 is 0 Å². The van der Waals surface area contributed by atoms with Gasteiger partial charge in [0.05, 0.1) is 16.3 Å². The predicted molar refractivity (Wildman–Crippen MR) is 163 cm³/mol. The molecule has 43 heavy (non-hydrogen) atoms. The molecule has 0 saturated heterocycles. The highest BCUT2D eigenvalue weighted by molar-refractivity contribution is 7.13. The largest absolute Gasteiger partial charge is 0.432 e. The van der Waals surface area contributed by atoms with Gasteiger partial charge in [-0.25, -0.2) is 14.3 Å². The van der Waals surface area contributed by atoms with Crippen molar-refractivity contribution in [3.8, 4) is 27.4 Å². The molecular weight excluding hydrogens is 595 g/mol. The zero-order valence-electron chi connectivity index (χ0n) is 22.8. The van der Waals surface area contributed by atoms with Crippen LogP contribution in [0.3, 0.4) is 0 Å². The third kappa shape index (κ3) is 4.41. The lowest BCUT2D eigenvalue weighted by atomic mass is 9.79. The van der Waals surface area contributed by atoms with E-state index in [2.05, 4.69) is 17.1 Å². The maximum absolute atomic E-state index is 14.7. The van der Waals surface area contributed by atoms with Crippen molar-refractivity contribution in [3.05, 3.63) is 125 Å². The van der Waals surface area contributed by atoms with Gasteiger partial charge in [0.1, 0.15) is 10.7 Å². The SMILES string of the molecule is Cn1c(C(F)(F)F)c(C2CCC=c3c2ccc2c3=CCc3ccccc3-2)c(=O)n(-c2ccc(Cl)c(-c3nccs3)c2)c1=O. The highest BCUT2D eigenvalue weighted by Crippen LogP contribution is 2.38. The summed E-state index contributed by atoms with van der Waals surface area (Å²) in [4.78, 5) is 32.0. The summed E-state index contributed by atoms with van der Waals surface area (Å²) >= 11 is 7.73. The van der Waals surface area contributed by atoms with E-state index < -0.39 is 34.6 Å². The zero-order valence-corrected chi connectivity index (χ0v) is 24.4. The number of hydrogen-bond acceptors (Lipinski definition) is 4. The van der Waals surface area contributed by atoms with E-state index in [1.807, 2.05) is 36.4 Å². The zero-order chi connectivity index (χ0) is 30.0. The molecule has 0 saturated carbocycles. The molecule has 0 bridgehead atoms. The van der Waals surface area contributed by atoms with Crippen molar-refractivity contribution in [1.29, 1.82) is 0 Å². The third-order valence-corrected chi connectivity index (χ3v) is 9.46. The van der Waals surface area contributed by atoms with Crippen LogP contribution in [0.25, 0.3) is 39.5 Å². The minimum Gasteiger partial charge on any atom is -0.292 e. The first-order valence-corrected chi connectivity index (χ1v) is 15.0. The van der Waals surface area contributed by atoms with Gasteiger partial charge in [-0.2, -0.15) is 13.2 Å². The third-order valence-electron chi connectivity index (χ3n) is 8.32.